The minimum atomic E-state index is -0.381. The topological polar surface area (TPSA) is 89.8 Å². The van der Waals surface area contributed by atoms with E-state index in [0.29, 0.717) is 24.3 Å². The number of carbonyl (C=O) groups is 2. The first-order chi connectivity index (χ1) is 15.9. The number of nitro benzene ring substituents is 1. The van der Waals surface area contributed by atoms with E-state index in [1.807, 2.05) is 13.8 Å². The molecule has 2 amide bonds. The summed E-state index contributed by atoms with van der Waals surface area (Å²) in [6.45, 7) is 4.78. The molecule has 7 heteroatoms. The van der Waals surface area contributed by atoms with Crippen molar-refractivity contribution in [1.82, 2.24) is 4.90 Å². The van der Waals surface area contributed by atoms with Gasteiger partial charge < -0.3 is 4.74 Å². The van der Waals surface area contributed by atoms with Gasteiger partial charge in [0.05, 0.1) is 22.7 Å². The monoisotopic (exact) mass is 452 g/mol. The van der Waals surface area contributed by atoms with Crippen LogP contribution in [0.3, 0.4) is 0 Å². The van der Waals surface area contributed by atoms with Gasteiger partial charge in [0.2, 0.25) is 0 Å². The summed E-state index contributed by atoms with van der Waals surface area (Å²) >= 11 is 0. The average molecular weight is 453 g/mol. The Hall–Kier alpha value is -3.22. The molecule has 0 bridgehead atoms. The van der Waals surface area contributed by atoms with Crippen LogP contribution in [0.15, 0.2) is 36.4 Å². The molecule has 0 saturated carbocycles. The van der Waals surface area contributed by atoms with Crippen molar-refractivity contribution in [2.45, 2.75) is 65.2 Å². The van der Waals surface area contributed by atoms with E-state index in [9.17, 15) is 19.7 Å². The lowest BCUT2D eigenvalue weighted by Gasteiger charge is -2.13. The fourth-order valence-corrected chi connectivity index (χ4v) is 4.31. The summed E-state index contributed by atoms with van der Waals surface area (Å²) in [5.41, 5.74) is 2.72. The van der Waals surface area contributed by atoms with Crippen molar-refractivity contribution in [3.05, 3.63) is 68.8 Å². The number of imide groups is 1. The molecule has 0 atom stereocenters. The van der Waals surface area contributed by atoms with Crippen LogP contribution in [-0.2, 0) is 0 Å². The van der Waals surface area contributed by atoms with Crippen LogP contribution in [-0.4, -0.2) is 34.8 Å². The van der Waals surface area contributed by atoms with E-state index in [1.54, 1.807) is 36.4 Å². The van der Waals surface area contributed by atoms with E-state index in [4.69, 9.17) is 4.74 Å². The van der Waals surface area contributed by atoms with Gasteiger partial charge in [0.15, 0.2) is 0 Å². The fraction of sp³-hybridized carbons (Fsp3) is 0.462. The summed E-state index contributed by atoms with van der Waals surface area (Å²) in [6, 6.07) is 10.1. The number of fused-ring (bicyclic) bond motifs is 1. The Morgan fingerprint density at radius 3 is 1.82 bits per heavy atom. The maximum Gasteiger partial charge on any atom is 0.270 e. The predicted octanol–water partition coefficient (Wildman–Crippen LogP) is 6.01. The molecule has 3 rings (SSSR count). The first-order valence-electron chi connectivity index (χ1n) is 11.7. The molecule has 0 aliphatic carbocycles. The zero-order chi connectivity index (χ0) is 23.8. The normalized spacial score (nSPS) is 12.8. The molecule has 0 radical (unpaired) electrons. The minimum Gasteiger partial charge on any atom is -0.493 e. The number of benzene rings is 2. The number of rotatable bonds is 13. The highest BCUT2D eigenvalue weighted by molar-refractivity contribution is 6.21. The van der Waals surface area contributed by atoms with Crippen LogP contribution >= 0.6 is 0 Å². The lowest BCUT2D eigenvalue weighted by Crippen LogP contribution is -2.30. The van der Waals surface area contributed by atoms with Gasteiger partial charge in [-0.1, -0.05) is 50.7 Å². The molecular formula is C26H32N2O5. The number of nitro groups is 1. The van der Waals surface area contributed by atoms with Crippen molar-refractivity contribution >= 4 is 17.5 Å². The Balaban J connectivity index is 1.22. The van der Waals surface area contributed by atoms with Gasteiger partial charge in [-0.15, -0.1) is 0 Å². The third kappa shape index (κ3) is 6.18. The highest BCUT2D eigenvalue weighted by Gasteiger charge is 2.34. The van der Waals surface area contributed by atoms with Gasteiger partial charge in [-0.25, -0.2) is 0 Å². The highest BCUT2D eigenvalue weighted by Crippen LogP contribution is 2.28. The molecule has 2 aromatic rings. The summed E-state index contributed by atoms with van der Waals surface area (Å²) in [4.78, 5) is 36.6. The molecule has 0 N–H and O–H groups in total. The Kier molecular flexibility index (Phi) is 8.58. The second kappa shape index (κ2) is 11.6. The van der Waals surface area contributed by atoms with E-state index >= 15 is 0 Å². The Morgan fingerprint density at radius 1 is 0.818 bits per heavy atom. The molecular weight excluding hydrogens is 420 g/mol. The summed E-state index contributed by atoms with van der Waals surface area (Å²) in [6.07, 6.45) is 8.42. The molecule has 1 aliphatic rings. The van der Waals surface area contributed by atoms with Gasteiger partial charge in [0.1, 0.15) is 5.75 Å². The van der Waals surface area contributed by atoms with Crippen molar-refractivity contribution in [2.24, 2.45) is 0 Å². The summed E-state index contributed by atoms with van der Waals surface area (Å²) < 4.78 is 5.87. The third-order valence-corrected chi connectivity index (χ3v) is 6.06. The average Bonchev–Trinajstić information content (AvgIpc) is 3.03. The number of amides is 2. The molecule has 7 nitrogen and oxygen atoms in total. The molecule has 2 aromatic carbocycles. The molecule has 176 valence electrons. The Morgan fingerprint density at radius 2 is 1.30 bits per heavy atom. The quantitative estimate of drug-likeness (QED) is 0.161. The number of hydrogen-bond acceptors (Lipinski definition) is 5. The first-order valence-corrected chi connectivity index (χ1v) is 11.7. The third-order valence-electron chi connectivity index (χ3n) is 6.06. The number of carbonyl (C=O) groups excluding carboxylic acids is 2. The van der Waals surface area contributed by atoms with Gasteiger partial charge in [0, 0.05) is 18.7 Å². The molecule has 0 unspecified atom stereocenters. The van der Waals surface area contributed by atoms with Gasteiger partial charge in [-0.3, -0.25) is 24.6 Å². The van der Waals surface area contributed by atoms with Crippen molar-refractivity contribution in [3.63, 3.8) is 0 Å². The van der Waals surface area contributed by atoms with Crippen LogP contribution < -0.4 is 4.74 Å². The maximum absolute atomic E-state index is 12.3. The molecule has 0 saturated heterocycles. The Labute approximate surface area is 194 Å². The van der Waals surface area contributed by atoms with Crippen LogP contribution in [0.2, 0.25) is 0 Å². The molecule has 1 aliphatic heterocycles. The van der Waals surface area contributed by atoms with Crippen molar-refractivity contribution in [3.8, 4) is 5.75 Å². The van der Waals surface area contributed by atoms with Gasteiger partial charge in [0.25, 0.3) is 17.5 Å². The zero-order valence-corrected chi connectivity index (χ0v) is 19.5. The SMILES string of the molecule is Cc1cc([N+](=O)[O-])cc(C)c1OCCCCCCCCCCN1C(=O)c2ccccc2C1=O. The number of aryl methyl sites for hydroxylation is 2. The van der Waals surface area contributed by atoms with Gasteiger partial charge in [-0.2, -0.15) is 0 Å². The predicted molar refractivity (Wildman–Crippen MR) is 127 cm³/mol. The molecule has 0 spiro atoms. The van der Waals surface area contributed by atoms with Gasteiger partial charge >= 0.3 is 0 Å². The molecule has 33 heavy (non-hydrogen) atoms. The maximum atomic E-state index is 12.3. The van der Waals surface area contributed by atoms with Crippen molar-refractivity contribution in [1.29, 1.82) is 0 Å². The lowest BCUT2D eigenvalue weighted by molar-refractivity contribution is -0.385. The zero-order valence-electron chi connectivity index (χ0n) is 19.5. The van der Waals surface area contributed by atoms with E-state index in [0.717, 1.165) is 68.2 Å². The van der Waals surface area contributed by atoms with Crippen LogP contribution in [0, 0.1) is 24.0 Å². The summed E-state index contributed by atoms with van der Waals surface area (Å²) in [7, 11) is 0. The van der Waals surface area contributed by atoms with E-state index in [2.05, 4.69) is 0 Å². The lowest BCUT2D eigenvalue weighted by atomic mass is 10.1. The largest absolute Gasteiger partial charge is 0.493 e. The summed E-state index contributed by atoms with van der Waals surface area (Å²) in [5.74, 6) is 0.410. The van der Waals surface area contributed by atoms with E-state index in [1.165, 1.54) is 4.90 Å². The van der Waals surface area contributed by atoms with Crippen molar-refractivity contribution < 1.29 is 19.2 Å². The summed E-state index contributed by atoms with van der Waals surface area (Å²) in [5, 5.41) is 10.9. The number of hydrogen-bond donors (Lipinski definition) is 0. The van der Waals surface area contributed by atoms with Crippen LogP contribution in [0.5, 0.6) is 5.75 Å². The second-order valence-electron chi connectivity index (χ2n) is 8.65. The minimum absolute atomic E-state index is 0.0982. The number of non-ortho nitro benzene ring substituents is 1. The fourth-order valence-electron chi connectivity index (χ4n) is 4.31. The first kappa shape index (κ1) is 24.4. The number of nitrogens with zero attached hydrogens (tertiary/aromatic N) is 2. The molecule has 0 fully saturated rings. The number of ether oxygens (including phenoxy) is 1. The number of unbranched alkanes of at least 4 members (excludes halogenated alkanes) is 7. The van der Waals surface area contributed by atoms with Crippen molar-refractivity contribution in [2.75, 3.05) is 13.2 Å². The Bertz CT molecular complexity index is 959. The molecule has 0 aromatic heterocycles. The second-order valence-corrected chi connectivity index (χ2v) is 8.65. The van der Waals surface area contributed by atoms with E-state index in [-0.39, 0.29) is 22.4 Å². The molecule has 1 heterocycles. The van der Waals surface area contributed by atoms with Gasteiger partial charge in [-0.05, 0) is 49.9 Å². The van der Waals surface area contributed by atoms with E-state index < -0.39 is 0 Å². The smallest absolute Gasteiger partial charge is 0.270 e. The van der Waals surface area contributed by atoms with Crippen LogP contribution in [0.25, 0.3) is 0 Å². The highest BCUT2D eigenvalue weighted by atomic mass is 16.6. The van der Waals surface area contributed by atoms with Crippen LogP contribution in [0.1, 0.15) is 83.2 Å². The van der Waals surface area contributed by atoms with Crippen LogP contribution in [0.4, 0.5) is 5.69 Å². The standard InChI is InChI=1S/C26H32N2O5/c1-19-17-21(28(31)32)18-20(2)24(19)33-16-12-8-6-4-3-5-7-11-15-27-25(29)22-13-9-10-14-23(22)26(27)30/h9-10,13-14,17-18H,3-8,11-12,15-16H2,1-2H3.